The molecule has 2 rings (SSSR count). The van der Waals surface area contributed by atoms with Crippen LogP contribution in [0.1, 0.15) is 18.9 Å². The zero-order valence-corrected chi connectivity index (χ0v) is 11.4. The molecule has 0 spiro atoms. The van der Waals surface area contributed by atoms with E-state index in [2.05, 4.69) is 24.8 Å². The van der Waals surface area contributed by atoms with Gasteiger partial charge in [-0.05, 0) is 44.4 Å². The molecule has 0 radical (unpaired) electrons. The van der Waals surface area contributed by atoms with Crippen molar-refractivity contribution in [1.82, 2.24) is 4.90 Å². The molecule has 3 heteroatoms. The molecule has 1 saturated heterocycles. The summed E-state index contributed by atoms with van der Waals surface area (Å²) < 4.78 is 5.82. The fraction of sp³-hybridized carbons (Fsp3) is 0.600. The summed E-state index contributed by atoms with van der Waals surface area (Å²) in [5.74, 6) is 1.66. The molecule has 18 heavy (non-hydrogen) atoms. The molecular formula is C15H24N2O. The number of para-hydroxylation sites is 1. The Hall–Kier alpha value is -1.06. The summed E-state index contributed by atoms with van der Waals surface area (Å²) in [7, 11) is 0. The van der Waals surface area contributed by atoms with Crippen molar-refractivity contribution in [3.8, 4) is 5.75 Å². The van der Waals surface area contributed by atoms with Crippen LogP contribution >= 0.6 is 0 Å². The van der Waals surface area contributed by atoms with Gasteiger partial charge in [0.05, 0.1) is 0 Å². The number of hydrogen-bond donors (Lipinski definition) is 1. The number of nitrogens with two attached hydrogens (primary N) is 1. The van der Waals surface area contributed by atoms with Gasteiger partial charge in [-0.15, -0.1) is 0 Å². The summed E-state index contributed by atoms with van der Waals surface area (Å²) in [5, 5.41) is 0. The third-order valence-corrected chi connectivity index (χ3v) is 3.81. The van der Waals surface area contributed by atoms with Crippen molar-refractivity contribution >= 4 is 0 Å². The van der Waals surface area contributed by atoms with Crippen LogP contribution in [0, 0.1) is 12.8 Å². The Morgan fingerprint density at radius 2 is 2.22 bits per heavy atom. The van der Waals surface area contributed by atoms with Gasteiger partial charge < -0.3 is 10.5 Å². The van der Waals surface area contributed by atoms with Gasteiger partial charge in [-0.25, -0.2) is 0 Å². The van der Waals surface area contributed by atoms with E-state index < -0.39 is 0 Å². The van der Waals surface area contributed by atoms with Crippen molar-refractivity contribution in [3.63, 3.8) is 0 Å². The Bertz CT molecular complexity index is 379. The van der Waals surface area contributed by atoms with Crippen molar-refractivity contribution in [2.24, 2.45) is 11.7 Å². The first-order valence-corrected chi connectivity index (χ1v) is 6.83. The Labute approximate surface area is 110 Å². The van der Waals surface area contributed by atoms with Gasteiger partial charge in [-0.2, -0.15) is 0 Å². The van der Waals surface area contributed by atoms with E-state index in [-0.39, 0.29) is 0 Å². The van der Waals surface area contributed by atoms with Gasteiger partial charge in [-0.3, -0.25) is 4.90 Å². The van der Waals surface area contributed by atoms with E-state index in [1.54, 1.807) is 0 Å². The van der Waals surface area contributed by atoms with E-state index in [0.29, 0.717) is 12.0 Å². The van der Waals surface area contributed by atoms with Crippen LogP contribution in [0.15, 0.2) is 24.3 Å². The van der Waals surface area contributed by atoms with Gasteiger partial charge >= 0.3 is 0 Å². The number of benzene rings is 1. The Kier molecular flexibility index (Phi) is 4.61. The van der Waals surface area contributed by atoms with Crippen molar-refractivity contribution in [3.05, 3.63) is 29.8 Å². The Balaban J connectivity index is 1.72. The normalized spacial score (nSPS) is 22.1. The van der Waals surface area contributed by atoms with Crippen molar-refractivity contribution < 1.29 is 4.74 Å². The molecule has 2 unspecified atom stereocenters. The van der Waals surface area contributed by atoms with Gasteiger partial charge in [0, 0.05) is 19.1 Å². The van der Waals surface area contributed by atoms with Crippen LogP contribution in [0.3, 0.4) is 0 Å². The molecule has 1 aromatic rings. The quantitative estimate of drug-likeness (QED) is 0.866. The van der Waals surface area contributed by atoms with E-state index in [9.17, 15) is 0 Å². The van der Waals surface area contributed by atoms with Gasteiger partial charge in [0.15, 0.2) is 0 Å². The smallest absolute Gasteiger partial charge is 0.122 e. The SMILES string of the molecule is Cc1ccccc1OCCN1CCC(C(C)N)C1. The average Bonchev–Trinajstić information content (AvgIpc) is 2.80. The van der Waals surface area contributed by atoms with Crippen LogP contribution in [0.4, 0.5) is 0 Å². The molecule has 2 N–H and O–H groups in total. The van der Waals surface area contributed by atoms with E-state index in [0.717, 1.165) is 32.0 Å². The second-order valence-corrected chi connectivity index (χ2v) is 5.32. The van der Waals surface area contributed by atoms with E-state index in [1.807, 2.05) is 18.2 Å². The molecule has 1 aliphatic heterocycles. The van der Waals surface area contributed by atoms with E-state index in [4.69, 9.17) is 10.5 Å². The summed E-state index contributed by atoms with van der Waals surface area (Å²) >= 11 is 0. The van der Waals surface area contributed by atoms with Gasteiger partial charge in [0.25, 0.3) is 0 Å². The summed E-state index contributed by atoms with van der Waals surface area (Å²) in [6.07, 6.45) is 1.22. The standard InChI is InChI=1S/C15H24N2O/c1-12-5-3-4-6-15(12)18-10-9-17-8-7-14(11-17)13(2)16/h3-6,13-14H,7-11,16H2,1-2H3. The molecule has 0 bridgehead atoms. The monoisotopic (exact) mass is 248 g/mol. The lowest BCUT2D eigenvalue weighted by Gasteiger charge is -2.18. The molecule has 1 aromatic carbocycles. The predicted molar refractivity (Wildman–Crippen MR) is 74.9 cm³/mol. The molecule has 0 amide bonds. The highest BCUT2D eigenvalue weighted by molar-refractivity contribution is 5.31. The third kappa shape index (κ3) is 3.47. The van der Waals surface area contributed by atoms with Crippen LogP contribution in [-0.2, 0) is 0 Å². The van der Waals surface area contributed by atoms with Gasteiger partial charge in [0.2, 0.25) is 0 Å². The highest BCUT2D eigenvalue weighted by Gasteiger charge is 2.24. The molecule has 0 saturated carbocycles. The van der Waals surface area contributed by atoms with Crippen LogP contribution in [0.2, 0.25) is 0 Å². The number of aryl methyl sites for hydroxylation is 1. The summed E-state index contributed by atoms with van der Waals surface area (Å²) in [5.41, 5.74) is 7.14. The van der Waals surface area contributed by atoms with Crippen molar-refractivity contribution in [2.45, 2.75) is 26.3 Å². The summed E-state index contributed by atoms with van der Waals surface area (Å²) in [6.45, 7) is 8.22. The highest BCUT2D eigenvalue weighted by atomic mass is 16.5. The zero-order valence-electron chi connectivity index (χ0n) is 11.4. The first-order valence-electron chi connectivity index (χ1n) is 6.83. The number of nitrogens with zero attached hydrogens (tertiary/aromatic N) is 1. The summed E-state index contributed by atoms with van der Waals surface area (Å²) in [4.78, 5) is 2.45. The first kappa shape index (κ1) is 13.4. The second-order valence-electron chi connectivity index (χ2n) is 5.32. The van der Waals surface area contributed by atoms with Crippen molar-refractivity contribution in [2.75, 3.05) is 26.2 Å². The largest absolute Gasteiger partial charge is 0.492 e. The number of ether oxygens (including phenoxy) is 1. The molecule has 0 aliphatic carbocycles. The lowest BCUT2D eigenvalue weighted by atomic mass is 10.0. The number of hydrogen-bond acceptors (Lipinski definition) is 3. The Morgan fingerprint density at radius 3 is 2.89 bits per heavy atom. The first-order chi connectivity index (χ1) is 8.66. The summed E-state index contributed by atoms with van der Waals surface area (Å²) in [6, 6.07) is 8.48. The minimum atomic E-state index is 0.312. The lowest BCUT2D eigenvalue weighted by Crippen LogP contribution is -2.31. The van der Waals surface area contributed by atoms with Crippen LogP contribution in [0.5, 0.6) is 5.75 Å². The van der Waals surface area contributed by atoms with Gasteiger partial charge in [0.1, 0.15) is 12.4 Å². The average molecular weight is 248 g/mol. The molecule has 2 atom stereocenters. The third-order valence-electron chi connectivity index (χ3n) is 3.81. The lowest BCUT2D eigenvalue weighted by molar-refractivity contribution is 0.230. The highest BCUT2D eigenvalue weighted by Crippen LogP contribution is 2.19. The fourth-order valence-corrected chi connectivity index (χ4v) is 2.50. The molecule has 3 nitrogen and oxygen atoms in total. The molecule has 1 aliphatic rings. The minimum absolute atomic E-state index is 0.312. The maximum atomic E-state index is 5.94. The molecule has 100 valence electrons. The van der Waals surface area contributed by atoms with Crippen molar-refractivity contribution in [1.29, 1.82) is 0 Å². The molecule has 1 fully saturated rings. The zero-order chi connectivity index (χ0) is 13.0. The van der Waals surface area contributed by atoms with E-state index >= 15 is 0 Å². The minimum Gasteiger partial charge on any atom is -0.492 e. The molecule has 1 heterocycles. The van der Waals surface area contributed by atoms with Crippen LogP contribution in [-0.4, -0.2) is 37.2 Å². The molecular weight excluding hydrogens is 224 g/mol. The van der Waals surface area contributed by atoms with Gasteiger partial charge in [-0.1, -0.05) is 18.2 Å². The molecule has 0 aromatic heterocycles. The predicted octanol–water partition coefficient (Wildman–Crippen LogP) is 2.04. The number of rotatable bonds is 5. The Morgan fingerprint density at radius 1 is 1.44 bits per heavy atom. The van der Waals surface area contributed by atoms with Crippen LogP contribution in [0.25, 0.3) is 0 Å². The van der Waals surface area contributed by atoms with Crippen LogP contribution < -0.4 is 10.5 Å². The van der Waals surface area contributed by atoms with E-state index in [1.165, 1.54) is 12.0 Å². The number of likely N-dealkylation sites (tertiary alicyclic amines) is 1. The maximum Gasteiger partial charge on any atom is 0.122 e. The maximum absolute atomic E-state index is 5.94. The second kappa shape index (κ2) is 6.21. The topological polar surface area (TPSA) is 38.5 Å². The fourth-order valence-electron chi connectivity index (χ4n) is 2.50.